The second-order valence-corrected chi connectivity index (χ2v) is 5.87. The molecule has 0 spiro atoms. The van der Waals surface area contributed by atoms with Crippen molar-refractivity contribution in [2.45, 2.75) is 11.3 Å². The van der Waals surface area contributed by atoms with E-state index in [0.29, 0.717) is 24.4 Å². The van der Waals surface area contributed by atoms with E-state index in [2.05, 4.69) is 4.72 Å². The van der Waals surface area contributed by atoms with Gasteiger partial charge >= 0.3 is 0 Å². The quantitative estimate of drug-likeness (QED) is 0.618. The monoisotopic (exact) mass is 340 g/mol. The van der Waals surface area contributed by atoms with Gasteiger partial charge in [0, 0.05) is 10.1 Å². The molecule has 0 aliphatic rings. The molecule has 1 rings (SSSR count). The molecule has 1 aromatic rings. The Kier molecular flexibility index (Phi) is 4.97. The number of rotatable bonds is 5. The number of hydrogen-bond donors (Lipinski definition) is 2. The lowest BCUT2D eigenvalue weighted by Gasteiger charge is -2.07. The molecule has 0 radical (unpaired) electrons. The molecule has 15 heavy (non-hydrogen) atoms. The van der Waals surface area contributed by atoms with E-state index in [9.17, 15) is 8.42 Å². The summed E-state index contributed by atoms with van der Waals surface area (Å²) in [7, 11) is -3.38. The third-order valence-electron chi connectivity index (χ3n) is 1.80. The van der Waals surface area contributed by atoms with Gasteiger partial charge in [-0.3, -0.25) is 0 Å². The van der Waals surface area contributed by atoms with Crippen LogP contribution in [0.1, 0.15) is 6.42 Å². The molecular formula is C9H13IN2O2S. The molecule has 0 aliphatic heterocycles. The minimum Gasteiger partial charge on any atom is -0.330 e. The van der Waals surface area contributed by atoms with E-state index in [0.717, 1.165) is 3.57 Å². The molecule has 0 atom stereocenters. The van der Waals surface area contributed by atoms with E-state index < -0.39 is 10.0 Å². The average molecular weight is 340 g/mol. The molecule has 0 saturated heterocycles. The highest BCUT2D eigenvalue weighted by Gasteiger charge is 2.15. The van der Waals surface area contributed by atoms with Crippen LogP contribution in [0.4, 0.5) is 0 Å². The van der Waals surface area contributed by atoms with E-state index in [4.69, 9.17) is 5.73 Å². The Hall–Kier alpha value is -0.180. The van der Waals surface area contributed by atoms with Gasteiger partial charge in [-0.2, -0.15) is 0 Å². The standard InChI is InChI=1S/C9H13IN2O2S/c10-8-4-1-2-5-9(8)15(13,14)12-7-3-6-11/h1-2,4-5,12H,3,6-7,11H2. The number of halogens is 1. The first-order valence-electron chi connectivity index (χ1n) is 4.52. The SMILES string of the molecule is NCCCNS(=O)(=O)c1ccccc1I. The summed E-state index contributed by atoms with van der Waals surface area (Å²) in [5.41, 5.74) is 5.29. The van der Waals surface area contributed by atoms with Crippen molar-refractivity contribution >= 4 is 32.6 Å². The fourth-order valence-electron chi connectivity index (χ4n) is 1.05. The number of sulfonamides is 1. The molecule has 0 heterocycles. The summed E-state index contributed by atoms with van der Waals surface area (Å²) in [5, 5.41) is 0. The molecule has 0 bridgehead atoms. The van der Waals surface area contributed by atoms with Gasteiger partial charge in [-0.1, -0.05) is 12.1 Å². The topological polar surface area (TPSA) is 72.2 Å². The van der Waals surface area contributed by atoms with Crippen LogP contribution in [-0.4, -0.2) is 21.5 Å². The van der Waals surface area contributed by atoms with Crippen LogP contribution in [-0.2, 0) is 10.0 Å². The Morgan fingerprint density at radius 2 is 2.00 bits per heavy atom. The van der Waals surface area contributed by atoms with E-state index in [1.165, 1.54) is 0 Å². The maximum atomic E-state index is 11.8. The summed E-state index contributed by atoms with van der Waals surface area (Å²) in [5.74, 6) is 0. The summed E-state index contributed by atoms with van der Waals surface area (Å²) in [6.07, 6.45) is 0.642. The van der Waals surface area contributed by atoms with Crippen LogP contribution < -0.4 is 10.5 Å². The van der Waals surface area contributed by atoms with Crippen molar-refractivity contribution in [2.75, 3.05) is 13.1 Å². The second-order valence-electron chi connectivity index (χ2n) is 2.97. The van der Waals surface area contributed by atoms with Crippen LogP contribution in [0.15, 0.2) is 29.2 Å². The van der Waals surface area contributed by atoms with Crippen molar-refractivity contribution in [3.8, 4) is 0 Å². The lowest BCUT2D eigenvalue weighted by Crippen LogP contribution is -2.26. The van der Waals surface area contributed by atoms with Gasteiger partial charge in [-0.05, 0) is 47.7 Å². The lowest BCUT2D eigenvalue weighted by molar-refractivity contribution is 0.579. The molecule has 0 saturated carbocycles. The molecule has 0 fully saturated rings. The van der Waals surface area contributed by atoms with E-state index >= 15 is 0 Å². The maximum Gasteiger partial charge on any atom is 0.241 e. The summed E-state index contributed by atoms with van der Waals surface area (Å²) in [6.45, 7) is 0.859. The van der Waals surface area contributed by atoms with E-state index in [1.807, 2.05) is 22.6 Å². The van der Waals surface area contributed by atoms with Crippen LogP contribution in [0.25, 0.3) is 0 Å². The third-order valence-corrected chi connectivity index (χ3v) is 4.63. The van der Waals surface area contributed by atoms with Crippen molar-refractivity contribution in [1.82, 2.24) is 4.72 Å². The fraction of sp³-hybridized carbons (Fsp3) is 0.333. The van der Waals surface area contributed by atoms with Crippen molar-refractivity contribution < 1.29 is 8.42 Å². The molecule has 6 heteroatoms. The van der Waals surface area contributed by atoms with Gasteiger partial charge in [0.15, 0.2) is 0 Å². The van der Waals surface area contributed by atoms with Crippen LogP contribution in [0.2, 0.25) is 0 Å². The highest BCUT2D eigenvalue weighted by molar-refractivity contribution is 14.1. The minimum atomic E-state index is -3.38. The zero-order valence-corrected chi connectivity index (χ0v) is 11.1. The maximum absolute atomic E-state index is 11.8. The highest BCUT2D eigenvalue weighted by atomic mass is 127. The molecule has 3 N–H and O–H groups in total. The summed E-state index contributed by atoms with van der Waals surface area (Å²) < 4.78 is 26.8. The fourth-order valence-corrected chi connectivity index (χ4v) is 3.46. The molecule has 0 unspecified atom stereocenters. The Bertz CT molecular complexity index is 420. The smallest absolute Gasteiger partial charge is 0.241 e. The Morgan fingerprint density at radius 1 is 1.33 bits per heavy atom. The molecular weight excluding hydrogens is 327 g/mol. The number of nitrogens with two attached hydrogens (primary N) is 1. The molecule has 4 nitrogen and oxygen atoms in total. The van der Waals surface area contributed by atoms with Crippen LogP contribution in [0.5, 0.6) is 0 Å². The molecule has 0 amide bonds. The lowest BCUT2D eigenvalue weighted by atomic mass is 10.4. The van der Waals surface area contributed by atoms with Crippen LogP contribution >= 0.6 is 22.6 Å². The van der Waals surface area contributed by atoms with E-state index in [-0.39, 0.29) is 0 Å². The zero-order valence-electron chi connectivity index (χ0n) is 8.11. The van der Waals surface area contributed by atoms with Gasteiger partial charge < -0.3 is 5.73 Å². The van der Waals surface area contributed by atoms with Crippen molar-refractivity contribution in [3.63, 3.8) is 0 Å². The normalized spacial score (nSPS) is 11.6. The van der Waals surface area contributed by atoms with Gasteiger partial charge in [0.05, 0.1) is 4.90 Å². The zero-order chi connectivity index (χ0) is 11.3. The minimum absolute atomic E-state index is 0.322. The highest BCUT2D eigenvalue weighted by Crippen LogP contribution is 2.16. The first kappa shape index (κ1) is 12.9. The predicted octanol–water partition coefficient (Wildman–Crippen LogP) is 0.918. The Labute approximate surface area is 103 Å². The number of nitrogens with one attached hydrogen (secondary N) is 1. The van der Waals surface area contributed by atoms with Gasteiger partial charge in [0.25, 0.3) is 0 Å². The van der Waals surface area contributed by atoms with Crippen LogP contribution in [0, 0.1) is 3.57 Å². The number of benzene rings is 1. The summed E-state index contributed by atoms with van der Waals surface area (Å²) in [4.78, 5) is 0.322. The van der Waals surface area contributed by atoms with Crippen LogP contribution in [0.3, 0.4) is 0 Å². The Balaban J connectivity index is 2.83. The largest absolute Gasteiger partial charge is 0.330 e. The van der Waals surface area contributed by atoms with Crippen molar-refractivity contribution in [2.24, 2.45) is 5.73 Å². The molecule has 0 aromatic heterocycles. The van der Waals surface area contributed by atoms with Crippen molar-refractivity contribution in [3.05, 3.63) is 27.8 Å². The summed E-state index contributed by atoms with van der Waals surface area (Å²) >= 11 is 2.00. The van der Waals surface area contributed by atoms with Gasteiger partial charge in [0.1, 0.15) is 0 Å². The molecule has 1 aromatic carbocycles. The van der Waals surface area contributed by atoms with Gasteiger partial charge in [-0.25, -0.2) is 13.1 Å². The predicted molar refractivity (Wildman–Crippen MR) is 68.0 cm³/mol. The van der Waals surface area contributed by atoms with Gasteiger partial charge in [0.2, 0.25) is 10.0 Å². The second kappa shape index (κ2) is 5.78. The third kappa shape index (κ3) is 3.71. The van der Waals surface area contributed by atoms with Crippen molar-refractivity contribution in [1.29, 1.82) is 0 Å². The Morgan fingerprint density at radius 3 is 2.60 bits per heavy atom. The first-order chi connectivity index (χ1) is 7.08. The average Bonchev–Trinajstić information content (AvgIpc) is 2.18. The summed E-state index contributed by atoms with van der Waals surface area (Å²) in [6, 6.07) is 6.87. The first-order valence-corrected chi connectivity index (χ1v) is 7.08. The van der Waals surface area contributed by atoms with Gasteiger partial charge in [-0.15, -0.1) is 0 Å². The molecule has 84 valence electrons. The number of hydrogen-bond acceptors (Lipinski definition) is 3. The van der Waals surface area contributed by atoms with E-state index in [1.54, 1.807) is 24.3 Å². The molecule has 0 aliphatic carbocycles.